The lowest BCUT2D eigenvalue weighted by atomic mass is 10.2. The summed E-state index contributed by atoms with van der Waals surface area (Å²) in [7, 11) is -1.83. The Bertz CT molecular complexity index is 471. The average molecular weight is 438 g/mol. The van der Waals surface area contributed by atoms with E-state index in [1.165, 1.54) is 0 Å². The van der Waals surface area contributed by atoms with Gasteiger partial charge in [0.25, 0.3) is 0 Å². The zero-order valence-corrected chi connectivity index (χ0v) is 17.4. The van der Waals surface area contributed by atoms with E-state index in [1.54, 1.807) is 6.20 Å². The molecular weight excluding hydrogens is 413 g/mol. The topological polar surface area (TPSA) is 22.1 Å². The number of rotatable bonds is 6. The van der Waals surface area contributed by atoms with E-state index in [2.05, 4.69) is 61.4 Å². The highest BCUT2D eigenvalue weighted by Crippen LogP contribution is 2.39. The van der Waals surface area contributed by atoms with Gasteiger partial charge in [0.15, 0.2) is 8.32 Å². The Balaban J connectivity index is 2.94. The van der Waals surface area contributed by atoms with Crippen molar-refractivity contribution in [3.8, 4) is 0 Å². The van der Waals surface area contributed by atoms with Gasteiger partial charge >= 0.3 is 0 Å². The van der Waals surface area contributed by atoms with Crippen molar-refractivity contribution in [3.63, 3.8) is 0 Å². The van der Waals surface area contributed by atoms with E-state index in [9.17, 15) is 0 Å². The first kappa shape index (κ1) is 19.1. The van der Waals surface area contributed by atoms with E-state index in [-0.39, 0.29) is 11.1 Å². The van der Waals surface area contributed by atoms with Crippen LogP contribution in [0.15, 0.2) is 29.4 Å². The van der Waals surface area contributed by atoms with E-state index in [1.807, 2.05) is 24.3 Å². The molecule has 21 heavy (non-hydrogen) atoms. The standard InChI is InChI=1S/C16H25ClINOSi/c1-16(2,3)21(4,5)20-15(9-10-18)14(17)12-13-8-6-7-11-19-13/h6-8,11-12,15H,9-10H2,1-5H3/b14-12-. The maximum absolute atomic E-state index is 6.53. The van der Waals surface area contributed by atoms with E-state index in [0.29, 0.717) is 0 Å². The van der Waals surface area contributed by atoms with Gasteiger partial charge in [-0.3, -0.25) is 4.98 Å². The van der Waals surface area contributed by atoms with Crippen molar-refractivity contribution in [1.29, 1.82) is 0 Å². The predicted molar refractivity (Wildman–Crippen MR) is 104 cm³/mol. The quantitative estimate of drug-likeness (QED) is 0.315. The van der Waals surface area contributed by atoms with Crippen LogP contribution >= 0.6 is 34.2 Å². The Kier molecular flexibility index (Phi) is 7.37. The summed E-state index contributed by atoms with van der Waals surface area (Å²) in [6.07, 6.45) is 4.59. The SMILES string of the molecule is CC(C)(C)[Si](C)(C)OC(CCI)/C(Cl)=C/c1ccccn1. The highest BCUT2D eigenvalue weighted by atomic mass is 127. The third-order valence-electron chi connectivity index (χ3n) is 3.90. The fourth-order valence-corrected chi connectivity index (χ4v) is 3.80. The second-order valence-electron chi connectivity index (χ2n) is 6.63. The van der Waals surface area contributed by atoms with Crippen molar-refractivity contribution in [1.82, 2.24) is 4.98 Å². The highest BCUT2D eigenvalue weighted by Gasteiger charge is 2.39. The van der Waals surface area contributed by atoms with Gasteiger partial charge in [-0.05, 0) is 42.8 Å². The fourth-order valence-electron chi connectivity index (χ4n) is 1.58. The van der Waals surface area contributed by atoms with Crippen LogP contribution in [0.25, 0.3) is 6.08 Å². The van der Waals surface area contributed by atoms with Gasteiger partial charge in [-0.2, -0.15) is 0 Å². The number of alkyl halides is 1. The van der Waals surface area contributed by atoms with Gasteiger partial charge in [0, 0.05) is 15.7 Å². The summed E-state index contributed by atoms with van der Waals surface area (Å²) in [6.45, 7) is 11.3. The number of hydrogen-bond acceptors (Lipinski definition) is 2. The van der Waals surface area contributed by atoms with Gasteiger partial charge in [0.05, 0.1) is 11.8 Å². The molecule has 118 valence electrons. The Morgan fingerprint density at radius 3 is 2.57 bits per heavy atom. The molecule has 1 aromatic heterocycles. The first-order valence-corrected chi connectivity index (χ1v) is 12.0. The number of aromatic nitrogens is 1. The predicted octanol–water partition coefficient (Wildman–Crippen LogP) is 5.88. The van der Waals surface area contributed by atoms with Crippen LogP contribution in [0.5, 0.6) is 0 Å². The normalized spacial score (nSPS) is 15.1. The molecule has 0 spiro atoms. The van der Waals surface area contributed by atoms with Gasteiger partial charge in [-0.25, -0.2) is 0 Å². The van der Waals surface area contributed by atoms with Crippen LogP contribution in [0, 0.1) is 0 Å². The summed E-state index contributed by atoms with van der Waals surface area (Å²) in [4.78, 5) is 4.30. The third kappa shape index (κ3) is 6.00. The maximum Gasteiger partial charge on any atom is 0.192 e. The molecule has 5 heteroatoms. The number of nitrogens with zero attached hydrogens (tertiary/aromatic N) is 1. The molecule has 0 N–H and O–H groups in total. The molecule has 0 bridgehead atoms. The zero-order valence-electron chi connectivity index (χ0n) is 13.5. The van der Waals surface area contributed by atoms with Gasteiger partial charge < -0.3 is 4.43 Å². The largest absolute Gasteiger partial charge is 0.409 e. The van der Waals surface area contributed by atoms with Crippen LogP contribution in [-0.2, 0) is 4.43 Å². The van der Waals surface area contributed by atoms with Crippen molar-refractivity contribution >= 4 is 48.6 Å². The Morgan fingerprint density at radius 1 is 1.43 bits per heavy atom. The van der Waals surface area contributed by atoms with Crippen molar-refractivity contribution < 1.29 is 4.43 Å². The summed E-state index contributed by atoms with van der Waals surface area (Å²) in [5, 5.41) is 0.925. The van der Waals surface area contributed by atoms with Crippen LogP contribution in [-0.4, -0.2) is 23.8 Å². The number of hydrogen-bond donors (Lipinski definition) is 0. The van der Waals surface area contributed by atoms with Crippen LogP contribution in [0.3, 0.4) is 0 Å². The molecule has 0 amide bonds. The third-order valence-corrected chi connectivity index (χ3v) is 9.36. The Labute approximate surface area is 148 Å². The van der Waals surface area contributed by atoms with Crippen molar-refractivity contribution in [2.45, 2.75) is 51.4 Å². The van der Waals surface area contributed by atoms with Crippen molar-refractivity contribution in [2.24, 2.45) is 0 Å². The molecule has 0 radical (unpaired) electrons. The first-order chi connectivity index (χ1) is 9.67. The first-order valence-electron chi connectivity index (χ1n) is 7.19. The lowest BCUT2D eigenvalue weighted by Crippen LogP contribution is -2.44. The van der Waals surface area contributed by atoms with E-state index >= 15 is 0 Å². The minimum atomic E-state index is -1.83. The number of pyridine rings is 1. The maximum atomic E-state index is 6.53. The molecule has 1 unspecified atom stereocenters. The molecule has 1 heterocycles. The molecule has 0 saturated carbocycles. The second-order valence-corrected chi connectivity index (χ2v) is 12.9. The highest BCUT2D eigenvalue weighted by molar-refractivity contribution is 14.1. The number of halogens is 2. The summed E-state index contributed by atoms with van der Waals surface area (Å²) < 4.78 is 7.50. The zero-order chi connectivity index (χ0) is 16.1. The van der Waals surface area contributed by atoms with E-state index in [0.717, 1.165) is 21.6 Å². The summed E-state index contributed by atoms with van der Waals surface area (Å²) in [6, 6.07) is 5.82. The van der Waals surface area contributed by atoms with Crippen LogP contribution < -0.4 is 0 Å². The molecule has 0 aliphatic rings. The average Bonchev–Trinajstić information content (AvgIpc) is 2.37. The molecule has 2 nitrogen and oxygen atoms in total. The minimum absolute atomic E-state index is 0.0357. The second kappa shape index (κ2) is 8.08. The van der Waals surface area contributed by atoms with Gasteiger partial charge in [0.2, 0.25) is 0 Å². The molecule has 0 saturated heterocycles. The molecule has 1 atom stereocenters. The van der Waals surface area contributed by atoms with Gasteiger partial charge in [-0.15, -0.1) is 0 Å². The minimum Gasteiger partial charge on any atom is -0.409 e. The van der Waals surface area contributed by atoms with E-state index in [4.69, 9.17) is 16.0 Å². The Hall–Kier alpha value is 0.0869. The molecule has 0 fully saturated rings. The molecular formula is C16H25ClINOSi. The molecule has 1 aromatic rings. The fraction of sp³-hybridized carbons (Fsp3) is 0.562. The van der Waals surface area contributed by atoms with Gasteiger partial charge in [-0.1, -0.05) is 61.0 Å². The molecule has 0 aliphatic carbocycles. The monoisotopic (exact) mass is 437 g/mol. The van der Waals surface area contributed by atoms with Crippen LogP contribution in [0.2, 0.25) is 18.1 Å². The summed E-state index contributed by atoms with van der Waals surface area (Å²) >= 11 is 8.90. The summed E-state index contributed by atoms with van der Waals surface area (Å²) in [5.41, 5.74) is 0.875. The Morgan fingerprint density at radius 2 is 2.10 bits per heavy atom. The van der Waals surface area contributed by atoms with Crippen molar-refractivity contribution in [2.75, 3.05) is 4.43 Å². The molecule has 1 rings (SSSR count). The summed E-state index contributed by atoms with van der Waals surface area (Å²) in [5.74, 6) is 0. The lowest BCUT2D eigenvalue weighted by molar-refractivity contribution is 0.219. The van der Waals surface area contributed by atoms with Gasteiger partial charge in [0.1, 0.15) is 0 Å². The van der Waals surface area contributed by atoms with Crippen LogP contribution in [0.1, 0.15) is 32.9 Å². The molecule has 0 aromatic carbocycles. The lowest BCUT2D eigenvalue weighted by Gasteiger charge is -2.39. The van der Waals surface area contributed by atoms with E-state index < -0.39 is 8.32 Å². The van der Waals surface area contributed by atoms with Crippen LogP contribution in [0.4, 0.5) is 0 Å². The smallest absolute Gasteiger partial charge is 0.192 e. The van der Waals surface area contributed by atoms with Crippen molar-refractivity contribution in [3.05, 3.63) is 35.1 Å². The molecule has 0 aliphatic heterocycles.